The number of carbonyl (C=O) groups excluding carboxylic acids is 1. The average Bonchev–Trinajstić information content (AvgIpc) is 3.26. The second-order valence-corrected chi connectivity index (χ2v) is 8.29. The molecule has 1 amide bonds. The number of nitrogens with zero attached hydrogens (tertiary/aromatic N) is 3. The van der Waals surface area contributed by atoms with Crippen LogP contribution in [-0.2, 0) is 5.41 Å². The minimum atomic E-state index is -0.224. The molecule has 0 spiro atoms. The summed E-state index contributed by atoms with van der Waals surface area (Å²) in [5.41, 5.74) is 5.03. The lowest BCUT2D eigenvalue weighted by atomic mass is 9.86. The van der Waals surface area contributed by atoms with Gasteiger partial charge in [-0.3, -0.25) is 4.79 Å². The van der Waals surface area contributed by atoms with E-state index in [0.717, 1.165) is 28.3 Å². The summed E-state index contributed by atoms with van der Waals surface area (Å²) in [4.78, 5) is 17.5. The van der Waals surface area contributed by atoms with Gasteiger partial charge in [-0.2, -0.15) is 5.10 Å². The van der Waals surface area contributed by atoms with Crippen molar-refractivity contribution >= 4 is 17.4 Å². The van der Waals surface area contributed by atoms with Gasteiger partial charge in [-0.05, 0) is 19.1 Å². The third kappa shape index (κ3) is 3.10. The third-order valence-corrected chi connectivity index (χ3v) is 5.42. The van der Waals surface area contributed by atoms with E-state index in [2.05, 4.69) is 29.2 Å². The molecule has 0 bridgehead atoms. The fourth-order valence-corrected chi connectivity index (χ4v) is 3.83. The van der Waals surface area contributed by atoms with Crippen LogP contribution in [0.25, 0.3) is 16.9 Å². The molecule has 0 radical (unpaired) electrons. The van der Waals surface area contributed by atoms with Gasteiger partial charge in [0, 0.05) is 34.2 Å². The molecule has 0 saturated carbocycles. The Labute approximate surface area is 174 Å². The predicted octanol–water partition coefficient (Wildman–Crippen LogP) is 4.63. The highest BCUT2D eigenvalue weighted by atomic mass is 16.5. The maximum Gasteiger partial charge on any atom is 0.256 e. The van der Waals surface area contributed by atoms with E-state index >= 15 is 0 Å². The molecule has 2 aromatic heterocycles. The molecular weight excluding hydrogens is 376 g/mol. The first-order chi connectivity index (χ1) is 14.4. The first kappa shape index (κ1) is 18.4. The molecule has 2 aromatic carbocycles. The molecule has 1 N–H and O–H groups in total. The fourth-order valence-electron chi connectivity index (χ4n) is 3.83. The van der Waals surface area contributed by atoms with Crippen molar-refractivity contribution in [2.75, 3.05) is 11.9 Å². The number of aromatic nitrogens is 3. The number of ether oxygens (including phenoxy) is 1. The van der Waals surface area contributed by atoms with Crippen LogP contribution in [0.3, 0.4) is 0 Å². The van der Waals surface area contributed by atoms with Crippen LogP contribution in [0.5, 0.6) is 5.75 Å². The Bertz CT molecular complexity index is 1280. The van der Waals surface area contributed by atoms with E-state index in [-0.39, 0.29) is 11.3 Å². The van der Waals surface area contributed by atoms with Crippen molar-refractivity contribution in [2.45, 2.75) is 26.2 Å². The Balaban J connectivity index is 1.51. The molecule has 0 saturated heterocycles. The molecule has 30 heavy (non-hydrogen) atoms. The van der Waals surface area contributed by atoms with Gasteiger partial charge in [-0.25, -0.2) is 9.50 Å². The second-order valence-electron chi connectivity index (χ2n) is 8.29. The van der Waals surface area contributed by atoms with Crippen molar-refractivity contribution in [3.8, 4) is 17.0 Å². The van der Waals surface area contributed by atoms with E-state index < -0.39 is 0 Å². The second kappa shape index (κ2) is 6.69. The number of nitrogens with one attached hydrogen (secondary N) is 1. The van der Waals surface area contributed by atoms with Gasteiger partial charge in [-0.15, -0.1) is 0 Å². The summed E-state index contributed by atoms with van der Waals surface area (Å²) in [5.74, 6) is 1.03. The van der Waals surface area contributed by atoms with Crippen LogP contribution in [0.4, 0.5) is 5.82 Å². The quantitative estimate of drug-likeness (QED) is 0.546. The molecule has 3 heterocycles. The number of rotatable bonds is 3. The van der Waals surface area contributed by atoms with Crippen LogP contribution < -0.4 is 10.1 Å². The molecule has 6 heteroatoms. The maximum atomic E-state index is 12.9. The van der Waals surface area contributed by atoms with Crippen molar-refractivity contribution in [1.29, 1.82) is 0 Å². The molecule has 5 rings (SSSR count). The van der Waals surface area contributed by atoms with E-state index in [1.807, 2.05) is 61.5 Å². The number of carbonyl (C=O) groups is 1. The summed E-state index contributed by atoms with van der Waals surface area (Å²) < 4.78 is 7.58. The smallest absolute Gasteiger partial charge is 0.256 e. The molecule has 0 aliphatic carbocycles. The molecule has 6 nitrogen and oxygen atoms in total. The fraction of sp³-hybridized carbons (Fsp3) is 0.208. The Morgan fingerprint density at radius 1 is 1.10 bits per heavy atom. The Morgan fingerprint density at radius 2 is 1.90 bits per heavy atom. The van der Waals surface area contributed by atoms with Crippen molar-refractivity contribution in [1.82, 2.24) is 14.6 Å². The molecular formula is C24H22N4O2. The first-order valence-corrected chi connectivity index (χ1v) is 9.92. The third-order valence-electron chi connectivity index (χ3n) is 5.42. The van der Waals surface area contributed by atoms with E-state index in [0.29, 0.717) is 23.6 Å². The van der Waals surface area contributed by atoms with Crippen LogP contribution in [0.2, 0.25) is 0 Å². The highest BCUT2D eigenvalue weighted by Crippen LogP contribution is 2.38. The lowest BCUT2D eigenvalue weighted by Crippen LogP contribution is -2.18. The zero-order chi connectivity index (χ0) is 20.9. The maximum absolute atomic E-state index is 12.9. The number of fused-ring (bicyclic) bond motifs is 2. The molecule has 0 atom stereocenters. The molecule has 0 unspecified atom stereocenters. The van der Waals surface area contributed by atoms with Gasteiger partial charge >= 0.3 is 0 Å². The Morgan fingerprint density at radius 3 is 2.70 bits per heavy atom. The number of hydrogen-bond acceptors (Lipinski definition) is 4. The van der Waals surface area contributed by atoms with Crippen LogP contribution >= 0.6 is 0 Å². The standard InChI is InChI=1S/C24H22N4O2/c1-15-11-22-25-21(13-19(28(22)27-15)16-7-5-4-6-8-16)26-23(29)17-9-10-18-20(12-17)30-14-24(18,2)3/h4-13H,14H2,1-3H3,(H,25,26,29). The number of hydrogen-bond donors (Lipinski definition) is 1. The molecule has 150 valence electrons. The van der Waals surface area contributed by atoms with Gasteiger partial charge in [0.25, 0.3) is 5.91 Å². The summed E-state index contributed by atoms with van der Waals surface area (Å²) in [6, 6.07) is 19.3. The minimum absolute atomic E-state index is 0.0403. The van der Waals surface area contributed by atoms with Gasteiger partial charge in [0.05, 0.1) is 18.0 Å². The molecule has 0 fully saturated rings. The average molecular weight is 398 g/mol. The SMILES string of the molecule is Cc1cc2nc(NC(=O)c3ccc4c(c3)OCC4(C)C)cc(-c3ccccc3)n2n1. The summed E-state index contributed by atoms with van der Waals surface area (Å²) in [7, 11) is 0. The van der Waals surface area contributed by atoms with E-state index in [9.17, 15) is 4.79 Å². The molecule has 1 aliphatic heterocycles. The highest BCUT2D eigenvalue weighted by Gasteiger charge is 2.32. The van der Waals surface area contributed by atoms with Gasteiger partial charge in [-0.1, -0.05) is 50.2 Å². The van der Waals surface area contributed by atoms with Crippen molar-refractivity contribution in [3.05, 3.63) is 77.5 Å². The summed E-state index contributed by atoms with van der Waals surface area (Å²) in [6.45, 7) is 6.81. The zero-order valence-electron chi connectivity index (χ0n) is 17.1. The largest absolute Gasteiger partial charge is 0.492 e. The highest BCUT2D eigenvalue weighted by molar-refractivity contribution is 6.04. The van der Waals surface area contributed by atoms with Gasteiger partial charge < -0.3 is 10.1 Å². The predicted molar refractivity (Wildman–Crippen MR) is 116 cm³/mol. The van der Waals surface area contributed by atoms with Crippen molar-refractivity contribution in [2.24, 2.45) is 0 Å². The van der Waals surface area contributed by atoms with E-state index in [1.165, 1.54) is 0 Å². The van der Waals surface area contributed by atoms with Gasteiger partial charge in [0.2, 0.25) is 0 Å². The number of amides is 1. The Kier molecular flexibility index (Phi) is 4.10. The number of anilines is 1. The molecule has 4 aromatic rings. The molecule has 1 aliphatic rings. The monoisotopic (exact) mass is 398 g/mol. The van der Waals surface area contributed by atoms with Gasteiger partial charge in [0.1, 0.15) is 11.6 Å². The first-order valence-electron chi connectivity index (χ1n) is 9.92. The Hall–Kier alpha value is -3.67. The van der Waals surface area contributed by atoms with Crippen LogP contribution in [0.1, 0.15) is 35.5 Å². The summed E-state index contributed by atoms with van der Waals surface area (Å²) >= 11 is 0. The number of aryl methyl sites for hydroxylation is 1. The topological polar surface area (TPSA) is 68.5 Å². The minimum Gasteiger partial charge on any atom is -0.492 e. The van der Waals surface area contributed by atoms with E-state index in [4.69, 9.17) is 4.74 Å². The lowest BCUT2D eigenvalue weighted by molar-refractivity contribution is 0.102. The van der Waals surface area contributed by atoms with Crippen LogP contribution in [-0.4, -0.2) is 27.1 Å². The van der Waals surface area contributed by atoms with E-state index in [1.54, 1.807) is 10.6 Å². The van der Waals surface area contributed by atoms with Crippen molar-refractivity contribution in [3.63, 3.8) is 0 Å². The zero-order valence-corrected chi connectivity index (χ0v) is 17.1. The van der Waals surface area contributed by atoms with Crippen LogP contribution in [0, 0.1) is 6.92 Å². The lowest BCUT2D eigenvalue weighted by Gasteiger charge is -2.15. The summed E-state index contributed by atoms with van der Waals surface area (Å²) in [5, 5.41) is 7.48. The van der Waals surface area contributed by atoms with Crippen molar-refractivity contribution < 1.29 is 9.53 Å². The van der Waals surface area contributed by atoms with Gasteiger partial charge in [0.15, 0.2) is 5.65 Å². The normalized spacial score (nSPS) is 14.4. The summed E-state index contributed by atoms with van der Waals surface area (Å²) in [6.07, 6.45) is 0. The van der Waals surface area contributed by atoms with Crippen LogP contribution in [0.15, 0.2) is 60.7 Å². The number of benzene rings is 2.